The van der Waals surface area contributed by atoms with Crippen molar-refractivity contribution in [3.8, 4) is 0 Å². The lowest BCUT2D eigenvalue weighted by Gasteiger charge is -2.16. The van der Waals surface area contributed by atoms with Crippen molar-refractivity contribution in [3.05, 3.63) is 56.2 Å². The molecule has 0 fully saturated rings. The molecule has 1 aromatic carbocycles. The van der Waals surface area contributed by atoms with E-state index in [1.54, 1.807) is 17.4 Å². The second-order valence-electron chi connectivity index (χ2n) is 4.11. The Balaban J connectivity index is 2.01. The molecule has 0 saturated heterocycles. The highest BCUT2D eigenvalue weighted by atomic mass is 79.9. The van der Waals surface area contributed by atoms with Gasteiger partial charge in [-0.1, -0.05) is 6.07 Å². The Labute approximate surface area is 117 Å². The summed E-state index contributed by atoms with van der Waals surface area (Å²) in [5.41, 5.74) is 0.768. The van der Waals surface area contributed by atoms with Gasteiger partial charge in [-0.05, 0) is 52.1 Å². The van der Waals surface area contributed by atoms with Crippen LogP contribution in [0, 0.1) is 11.6 Å². The molecule has 2 rings (SSSR count). The van der Waals surface area contributed by atoms with Crippen molar-refractivity contribution in [1.82, 2.24) is 4.90 Å². The van der Waals surface area contributed by atoms with E-state index in [9.17, 15) is 8.78 Å². The summed E-state index contributed by atoms with van der Waals surface area (Å²) in [5.74, 6) is -1.60. The first-order chi connectivity index (χ1) is 8.56. The van der Waals surface area contributed by atoms with Crippen LogP contribution in [0.25, 0.3) is 0 Å². The van der Waals surface area contributed by atoms with Crippen molar-refractivity contribution in [2.75, 3.05) is 7.05 Å². The zero-order valence-corrected chi connectivity index (χ0v) is 12.2. The van der Waals surface area contributed by atoms with Gasteiger partial charge in [0.15, 0.2) is 11.6 Å². The van der Waals surface area contributed by atoms with Crippen molar-refractivity contribution in [2.24, 2.45) is 0 Å². The zero-order chi connectivity index (χ0) is 13.1. The first-order valence-corrected chi connectivity index (χ1v) is 7.08. The zero-order valence-electron chi connectivity index (χ0n) is 9.79. The van der Waals surface area contributed by atoms with E-state index in [4.69, 9.17) is 0 Å². The number of rotatable bonds is 4. The second-order valence-corrected chi connectivity index (χ2v) is 5.97. The Hall–Kier alpha value is -0.780. The van der Waals surface area contributed by atoms with Gasteiger partial charge in [0.25, 0.3) is 0 Å². The van der Waals surface area contributed by atoms with E-state index >= 15 is 0 Å². The fourth-order valence-corrected chi connectivity index (χ4v) is 3.25. The van der Waals surface area contributed by atoms with Crippen LogP contribution in [0.15, 0.2) is 34.1 Å². The summed E-state index contributed by atoms with van der Waals surface area (Å²) in [5, 5.41) is 2.02. The molecule has 18 heavy (non-hydrogen) atoms. The van der Waals surface area contributed by atoms with E-state index in [-0.39, 0.29) is 0 Å². The lowest BCUT2D eigenvalue weighted by atomic mass is 10.2. The molecule has 0 radical (unpaired) electrons. The average Bonchev–Trinajstić information content (AvgIpc) is 2.70. The van der Waals surface area contributed by atoms with Crippen LogP contribution in [0.3, 0.4) is 0 Å². The van der Waals surface area contributed by atoms with Gasteiger partial charge in [-0.3, -0.25) is 4.90 Å². The average molecular weight is 332 g/mol. The Morgan fingerprint density at radius 3 is 2.56 bits per heavy atom. The summed E-state index contributed by atoms with van der Waals surface area (Å²) >= 11 is 5.15. The molecule has 1 heterocycles. The third-order valence-corrected chi connectivity index (χ3v) is 4.45. The monoisotopic (exact) mass is 331 g/mol. The van der Waals surface area contributed by atoms with Crippen molar-refractivity contribution in [3.63, 3.8) is 0 Å². The molecule has 0 bridgehead atoms. The van der Waals surface area contributed by atoms with Crippen LogP contribution in [-0.2, 0) is 13.1 Å². The summed E-state index contributed by atoms with van der Waals surface area (Å²) < 4.78 is 27.0. The topological polar surface area (TPSA) is 3.24 Å². The van der Waals surface area contributed by atoms with Crippen LogP contribution in [0.2, 0.25) is 0 Å². The largest absolute Gasteiger partial charge is 0.297 e. The summed E-state index contributed by atoms with van der Waals surface area (Å²) in [6.07, 6.45) is 0. The fourth-order valence-electron chi connectivity index (χ4n) is 1.69. The first kappa shape index (κ1) is 13.6. The minimum atomic E-state index is -0.803. The quantitative estimate of drug-likeness (QED) is 0.801. The number of thiophene rings is 1. The molecule has 1 aromatic heterocycles. The fraction of sp³-hybridized carbons (Fsp3) is 0.231. The van der Waals surface area contributed by atoms with E-state index in [0.29, 0.717) is 6.54 Å². The van der Waals surface area contributed by atoms with Crippen LogP contribution < -0.4 is 0 Å². The standard InChI is InChI=1S/C13H12BrF2NS/c1-17(8-13-10(14)4-5-18-13)7-9-2-3-11(15)12(16)6-9/h2-6H,7-8H2,1H3. The highest BCUT2D eigenvalue weighted by molar-refractivity contribution is 9.10. The normalized spacial score (nSPS) is 11.2. The highest BCUT2D eigenvalue weighted by Gasteiger charge is 2.08. The molecule has 0 N–H and O–H groups in total. The van der Waals surface area contributed by atoms with Crippen molar-refractivity contribution < 1.29 is 8.78 Å². The van der Waals surface area contributed by atoms with Crippen LogP contribution in [0.4, 0.5) is 8.78 Å². The van der Waals surface area contributed by atoms with Crippen molar-refractivity contribution in [1.29, 1.82) is 0 Å². The third kappa shape index (κ3) is 3.37. The molecule has 0 spiro atoms. The van der Waals surface area contributed by atoms with Gasteiger partial charge >= 0.3 is 0 Å². The molecule has 0 amide bonds. The maximum Gasteiger partial charge on any atom is 0.159 e. The van der Waals surface area contributed by atoms with Crippen LogP contribution in [-0.4, -0.2) is 11.9 Å². The van der Waals surface area contributed by atoms with Crippen LogP contribution in [0.5, 0.6) is 0 Å². The van der Waals surface area contributed by atoms with Gasteiger partial charge in [-0.25, -0.2) is 8.78 Å². The molecule has 0 atom stereocenters. The molecule has 0 aliphatic carbocycles. The summed E-state index contributed by atoms with van der Waals surface area (Å²) in [6, 6.07) is 6.03. The number of nitrogens with zero attached hydrogens (tertiary/aromatic N) is 1. The molecular formula is C13H12BrF2NS. The molecular weight excluding hydrogens is 320 g/mol. The lowest BCUT2D eigenvalue weighted by molar-refractivity contribution is 0.320. The van der Waals surface area contributed by atoms with Gasteiger partial charge in [-0.15, -0.1) is 11.3 Å². The smallest absolute Gasteiger partial charge is 0.159 e. The molecule has 1 nitrogen and oxygen atoms in total. The van der Waals surface area contributed by atoms with Crippen LogP contribution >= 0.6 is 27.3 Å². The highest BCUT2D eigenvalue weighted by Crippen LogP contribution is 2.24. The lowest BCUT2D eigenvalue weighted by Crippen LogP contribution is -2.16. The maximum atomic E-state index is 13.1. The number of hydrogen-bond acceptors (Lipinski definition) is 2. The van der Waals surface area contributed by atoms with Gasteiger partial charge in [0.1, 0.15) is 0 Å². The predicted octanol–water partition coefficient (Wildman–Crippen LogP) is 4.42. The molecule has 0 saturated carbocycles. The third-order valence-electron chi connectivity index (χ3n) is 2.54. The number of hydrogen-bond donors (Lipinski definition) is 0. The van der Waals surface area contributed by atoms with Crippen LogP contribution in [0.1, 0.15) is 10.4 Å². The molecule has 5 heteroatoms. The van der Waals surface area contributed by atoms with Gasteiger partial charge < -0.3 is 0 Å². The molecule has 0 aliphatic heterocycles. The van der Waals surface area contributed by atoms with E-state index < -0.39 is 11.6 Å². The SMILES string of the molecule is CN(Cc1ccc(F)c(F)c1)Cc1sccc1Br. The predicted molar refractivity (Wildman–Crippen MR) is 73.5 cm³/mol. The minimum absolute atomic E-state index is 0.585. The van der Waals surface area contributed by atoms with Gasteiger partial charge in [0.05, 0.1) is 0 Å². The summed E-state index contributed by atoms with van der Waals surface area (Å²) in [4.78, 5) is 3.28. The van der Waals surface area contributed by atoms with E-state index in [1.165, 1.54) is 17.0 Å². The number of benzene rings is 1. The summed E-state index contributed by atoms with van der Waals surface area (Å²) in [6.45, 7) is 1.36. The van der Waals surface area contributed by atoms with Crippen molar-refractivity contribution >= 4 is 27.3 Å². The van der Waals surface area contributed by atoms with E-state index in [2.05, 4.69) is 20.8 Å². The Bertz CT molecular complexity index is 542. The second kappa shape index (κ2) is 5.91. The van der Waals surface area contributed by atoms with Gasteiger partial charge in [0, 0.05) is 22.4 Å². The van der Waals surface area contributed by atoms with Gasteiger partial charge in [0.2, 0.25) is 0 Å². The molecule has 2 aromatic rings. The first-order valence-electron chi connectivity index (χ1n) is 5.40. The Morgan fingerprint density at radius 2 is 1.94 bits per heavy atom. The molecule has 0 unspecified atom stereocenters. The Kier molecular flexibility index (Phi) is 4.48. The molecule has 0 aliphatic rings. The van der Waals surface area contributed by atoms with E-state index in [1.807, 2.05) is 18.5 Å². The number of halogens is 3. The van der Waals surface area contributed by atoms with E-state index in [0.717, 1.165) is 16.6 Å². The summed E-state index contributed by atoms with van der Waals surface area (Å²) in [7, 11) is 1.95. The molecule has 96 valence electrons. The maximum absolute atomic E-state index is 13.1. The van der Waals surface area contributed by atoms with Gasteiger partial charge in [-0.2, -0.15) is 0 Å². The minimum Gasteiger partial charge on any atom is -0.297 e. The van der Waals surface area contributed by atoms with Crippen molar-refractivity contribution in [2.45, 2.75) is 13.1 Å². The Morgan fingerprint density at radius 1 is 1.17 bits per heavy atom.